The second-order valence-corrected chi connectivity index (χ2v) is 7.67. The molecule has 1 atom stereocenters. The number of hydrogen-bond acceptors (Lipinski definition) is 2. The molecule has 1 aliphatic carbocycles. The minimum atomic E-state index is -0.144. The van der Waals surface area contributed by atoms with Gasteiger partial charge in [-0.3, -0.25) is 4.79 Å². The summed E-state index contributed by atoms with van der Waals surface area (Å²) in [5, 5.41) is 0. The minimum Gasteiger partial charge on any atom is -0.427 e. The van der Waals surface area contributed by atoms with Crippen LogP contribution in [0.3, 0.4) is 0 Å². The molecular formula is C24H36O2. The summed E-state index contributed by atoms with van der Waals surface area (Å²) in [7, 11) is 0. The second-order valence-electron chi connectivity index (χ2n) is 7.67. The van der Waals surface area contributed by atoms with Crippen LogP contribution in [-0.2, 0) is 4.79 Å². The van der Waals surface area contributed by atoms with E-state index in [4.69, 9.17) is 4.74 Å². The molecule has 2 heteroatoms. The number of allylic oxidation sites excluding steroid dienone is 2. The maximum absolute atomic E-state index is 11.6. The largest absolute Gasteiger partial charge is 0.427 e. The van der Waals surface area contributed by atoms with Gasteiger partial charge in [0.25, 0.3) is 0 Å². The number of hydrogen-bond donors (Lipinski definition) is 0. The highest BCUT2D eigenvalue weighted by atomic mass is 16.5. The van der Waals surface area contributed by atoms with Crippen LogP contribution in [-0.4, -0.2) is 5.97 Å². The molecule has 0 heterocycles. The Morgan fingerprint density at radius 3 is 2.38 bits per heavy atom. The van der Waals surface area contributed by atoms with Gasteiger partial charge in [0, 0.05) is 6.42 Å². The second kappa shape index (κ2) is 11.9. The molecule has 0 amide bonds. The first-order valence-corrected chi connectivity index (χ1v) is 10.7. The first-order chi connectivity index (χ1) is 12.7. The summed E-state index contributed by atoms with van der Waals surface area (Å²) >= 11 is 0. The Morgan fingerprint density at radius 1 is 1.00 bits per heavy atom. The number of carbonyl (C=O) groups excluding carboxylic acids is 1. The van der Waals surface area contributed by atoms with Crippen LogP contribution in [0.2, 0.25) is 0 Å². The number of carbonyl (C=O) groups is 1. The molecule has 0 fully saturated rings. The van der Waals surface area contributed by atoms with Crippen molar-refractivity contribution in [2.24, 2.45) is 5.92 Å². The predicted molar refractivity (Wildman–Crippen MR) is 110 cm³/mol. The molecule has 144 valence electrons. The zero-order valence-electron chi connectivity index (χ0n) is 16.8. The first-order valence-electron chi connectivity index (χ1n) is 10.7. The molecule has 0 radical (unpaired) electrons. The van der Waals surface area contributed by atoms with Crippen LogP contribution in [0.25, 0.3) is 5.57 Å². The number of benzene rings is 1. The van der Waals surface area contributed by atoms with E-state index in [1.807, 2.05) is 19.1 Å². The van der Waals surface area contributed by atoms with E-state index in [9.17, 15) is 4.79 Å². The van der Waals surface area contributed by atoms with Crippen molar-refractivity contribution < 1.29 is 9.53 Å². The van der Waals surface area contributed by atoms with E-state index in [1.54, 1.807) is 0 Å². The van der Waals surface area contributed by atoms with Crippen LogP contribution in [0.5, 0.6) is 5.75 Å². The van der Waals surface area contributed by atoms with Gasteiger partial charge in [0.1, 0.15) is 5.75 Å². The predicted octanol–water partition coefficient (Wildman–Crippen LogP) is 7.33. The number of rotatable bonds is 11. The lowest BCUT2D eigenvalue weighted by Crippen LogP contribution is -2.07. The van der Waals surface area contributed by atoms with Gasteiger partial charge in [-0.15, -0.1) is 0 Å². The van der Waals surface area contributed by atoms with Gasteiger partial charge in [-0.05, 0) is 54.9 Å². The van der Waals surface area contributed by atoms with Gasteiger partial charge in [0.05, 0.1) is 0 Å². The van der Waals surface area contributed by atoms with Gasteiger partial charge in [-0.25, -0.2) is 0 Å². The summed E-state index contributed by atoms with van der Waals surface area (Å²) in [5.41, 5.74) is 2.73. The van der Waals surface area contributed by atoms with E-state index < -0.39 is 0 Å². The van der Waals surface area contributed by atoms with Crippen LogP contribution in [0.1, 0.15) is 96.5 Å². The van der Waals surface area contributed by atoms with E-state index in [-0.39, 0.29) is 5.97 Å². The number of unbranched alkanes of at least 4 members (excludes halogenated alkanes) is 5. The highest BCUT2D eigenvalue weighted by Gasteiger charge is 2.15. The van der Waals surface area contributed by atoms with Gasteiger partial charge >= 0.3 is 5.97 Å². The summed E-state index contributed by atoms with van der Waals surface area (Å²) in [6.07, 6.45) is 17.2. The summed E-state index contributed by atoms with van der Waals surface area (Å²) < 4.78 is 5.34. The summed E-state index contributed by atoms with van der Waals surface area (Å²) in [6, 6.07) is 8.03. The Hall–Kier alpha value is -1.57. The average molecular weight is 357 g/mol. The molecule has 1 aromatic carbocycles. The summed E-state index contributed by atoms with van der Waals surface area (Å²) in [5.74, 6) is 1.39. The van der Waals surface area contributed by atoms with E-state index in [0.29, 0.717) is 12.2 Å². The Kier molecular flexibility index (Phi) is 9.52. The van der Waals surface area contributed by atoms with Crippen molar-refractivity contribution in [2.75, 3.05) is 0 Å². The Morgan fingerprint density at radius 2 is 1.73 bits per heavy atom. The third-order valence-electron chi connectivity index (χ3n) is 5.40. The van der Waals surface area contributed by atoms with Gasteiger partial charge in [0.2, 0.25) is 0 Å². The van der Waals surface area contributed by atoms with Crippen molar-refractivity contribution >= 4 is 11.5 Å². The molecule has 0 N–H and O–H groups in total. The highest BCUT2D eigenvalue weighted by Crippen LogP contribution is 2.33. The van der Waals surface area contributed by atoms with Crippen LogP contribution in [0.4, 0.5) is 0 Å². The Balaban J connectivity index is 1.73. The van der Waals surface area contributed by atoms with Crippen LogP contribution < -0.4 is 4.74 Å². The molecule has 2 nitrogen and oxygen atoms in total. The minimum absolute atomic E-state index is 0.144. The third-order valence-corrected chi connectivity index (χ3v) is 5.40. The molecule has 0 aromatic heterocycles. The molecule has 0 spiro atoms. The van der Waals surface area contributed by atoms with Crippen LogP contribution in [0, 0.1) is 5.92 Å². The van der Waals surface area contributed by atoms with E-state index in [0.717, 1.165) is 12.3 Å². The highest BCUT2D eigenvalue weighted by molar-refractivity contribution is 5.73. The van der Waals surface area contributed by atoms with Gasteiger partial charge in [-0.1, -0.05) is 77.0 Å². The molecule has 0 saturated heterocycles. The fourth-order valence-electron chi connectivity index (χ4n) is 3.75. The van der Waals surface area contributed by atoms with Gasteiger partial charge < -0.3 is 4.74 Å². The molecule has 0 bridgehead atoms. The van der Waals surface area contributed by atoms with E-state index in [1.165, 1.54) is 75.3 Å². The lowest BCUT2D eigenvalue weighted by atomic mass is 9.84. The van der Waals surface area contributed by atoms with Gasteiger partial charge in [0.15, 0.2) is 0 Å². The Labute approximate surface area is 160 Å². The number of ether oxygens (including phenoxy) is 1. The van der Waals surface area contributed by atoms with E-state index in [2.05, 4.69) is 25.1 Å². The van der Waals surface area contributed by atoms with Crippen molar-refractivity contribution in [1.29, 1.82) is 0 Å². The molecule has 0 saturated carbocycles. The molecular weight excluding hydrogens is 320 g/mol. The van der Waals surface area contributed by atoms with Crippen molar-refractivity contribution in [3.8, 4) is 5.75 Å². The molecule has 26 heavy (non-hydrogen) atoms. The van der Waals surface area contributed by atoms with Gasteiger partial charge in [-0.2, -0.15) is 0 Å². The molecule has 2 rings (SSSR count). The van der Waals surface area contributed by atoms with Crippen molar-refractivity contribution in [1.82, 2.24) is 0 Å². The molecule has 1 unspecified atom stereocenters. The normalized spacial score (nSPS) is 17.0. The van der Waals surface area contributed by atoms with E-state index >= 15 is 0 Å². The topological polar surface area (TPSA) is 26.3 Å². The first kappa shape index (κ1) is 20.7. The fraction of sp³-hybridized carbons (Fsp3) is 0.625. The summed E-state index contributed by atoms with van der Waals surface area (Å²) in [6.45, 7) is 4.26. The average Bonchev–Trinajstić information content (AvgIpc) is 2.66. The molecule has 1 aromatic rings. The maximum Gasteiger partial charge on any atom is 0.311 e. The van der Waals surface area contributed by atoms with Crippen LogP contribution >= 0.6 is 0 Å². The van der Waals surface area contributed by atoms with Crippen molar-refractivity contribution in [3.63, 3.8) is 0 Å². The SMILES string of the molecule is CCCCCCCCC1CC=C(c2ccc(OC(=O)CCC)cc2)CC1. The van der Waals surface area contributed by atoms with Crippen molar-refractivity contribution in [3.05, 3.63) is 35.9 Å². The third kappa shape index (κ3) is 7.35. The molecule has 0 aliphatic heterocycles. The van der Waals surface area contributed by atoms with Crippen LogP contribution in [0.15, 0.2) is 30.3 Å². The monoisotopic (exact) mass is 356 g/mol. The lowest BCUT2D eigenvalue weighted by Gasteiger charge is -2.22. The fourth-order valence-corrected chi connectivity index (χ4v) is 3.75. The zero-order chi connectivity index (χ0) is 18.6. The lowest BCUT2D eigenvalue weighted by molar-refractivity contribution is -0.134. The quantitative estimate of drug-likeness (QED) is 0.236. The zero-order valence-corrected chi connectivity index (χ0v) is 16.8. The summed E-state index contributed by atoms with van der Waals surface area (Å²) in [4.78, 5) is 11.6. The smallest absolute Gasteiger partial charge is 0.311 e. The number of esters is 1. The molecule has 1 aliphatic rings. The standard InChI is InChI=1S/C24H36O2/c1-3-5-6-7-8-9-11-20-12-14-21(15-13-20)22-16-18-23(19-17-22)26-24(25)10-4-2/h14,16-20H,3-13,15H2,1-2H3. The maximum atomic E-state index is 11.6. The Bertz CT molecular complexity index is 556. The van der Waals surface area contributed by atoms with Crippen molar-refractivity contribution in [2.45, 2.75) is 90.9 Å².